The number of benzene rings is 1. The number of aryl methyl sites for hydroxylation is 1. The fourth-order valence-electron chi connectivity index (χ4n) is 2.28. The lowest BCUT2D eigenvalue weighted by Gasteiger charge is -2.34. The lowest BCUT2D eigenvalue weighted by molar-refractivity contribution is 0.0236. The van der Waals surface area contributed by atoms with E-state index in [1.165, 1.54) is 0 Å². The molecular weight excluding hydrogens is 276 g/mol. The second-order valence-electron chi connectivity index (χ2n) is 5.18. The van der Waals surface area contributed by atoms with Gasteiger partial charge in [-0.25, -0.2) is 13.1 Å². The number of nitrogens with two attached hydrogens (primary N) is 1. The van der Waals surface area contributed by atoms with Gasteiger partial charge >= 0.3 is 0 Å². The fraction of sp³-hybridized carbons (Fsp3) is 0.571. The van der Waals surface area contributed by atoms with Crippen LogP contribution in [0.2, 0.25) is 0 Å². The van der Waals surface area contributed by atoms with Gasteiger partial charge in [-0.15, -0.1) is 0 Å². The first-order chi connectivity index (χ1) is 9.55. The predicted molar refractivity (Wildman–Crippen MR) is 78.0 cm³/mol. The zero-order valence-electron chi connectivity index (χ0n) is 11.7. The molecule has 1 aromatic rings. The average Bonchev–Trinajstić information content (AvgIpc) is 2.40. The van der Waals surface area contributed by atoms with E-state index in [1.54, 1.807) is 19.2 Å². The highest BCUT2D eigenvalue weighted by atomic mass is 32.2. The number of nitrogens with one attached hydrogen (secondary N) is 1. The molecule has 1 aromatic carbocycles. The molecule has 0 saturated heterocycles. The predicted octanol–water partition coefficient (Wildman–Crippen LogP) is 1.03. The van der Waals surface area contributed by atoms with Crippen LogP contribution in [0.3, 0.4) is 0 Å². The van der Waals surface area contributed by atoms with Crippen LogP contribution < -0.4 is 10.5 Å². The molecule has 0 spiro atoms. The van der Waals surface area contributed by atoms with Gasteiger partial charge in [0.05, 0.1) is 11.0 Å². The summed E-state index contributed by atoms with van der Waals surface area (Å²) in [6.07, 6.45) is 3.45. The Morgan fingerprint density at radius 1 is 1.30 bits per heavy atom. The fourth-order valence-corrected chi connectivity index (χ4v) is 3.54. The van der Waals surface area contributed by atoms with Crippen molar-refractivity contribution in [2.45, 2.75) is 42.7 Å². The van der Waals surface area contributed by atoms with Gasteiger partial charge in [-0.3, -0.25) is 0 Å². The van der Waals surface area contributed by atoms with Gasteiger partial charge in [0.2, 0.25) is 10.0 Å². The minimum atomic E-state index is -3.42. The smallest absolute Gasteiger partial charge is 0.240 e. The van der Waals surface area contributed by atoms with Crippen LogP contribution in [0.1, 0.15) is 24.8 Å². The van der Waals surface area contributed by atoms with Gasteiger partial charge < -0.3 is 10.5 Å². The van der Waals surface area contributed by atoms with Gasteiger partial charge in [0.25, 0.3) is 0 Å². The summed E-state index contributed by atoms with van der Waals surface area (Å²) in [6, 6.07) is 6.99. The third kappa shape index (κ3) is 3.79. The Kier molecular flexibility index (Phi) is 5.15. The molecule has 0 radical (unpaired) electrons. The summed E-state index contributed by atoms with van der Waals surface area (Å²) in [5, 5.41) is 0. The molecule has 0 aromatic heterocycles. The molecule has 0 bridgehead atoms. The van der Waals surface area contributed by atoms with Gasteiger partial charge in [0, 0.05) is 13.2 Å². The number of methoxy groups -OCH3 is 1. The van der Waals surface area contributed by atoms with Crippen LogP contribution >= 0.6 is 0 Å². The highest BCUT2D eigenvalue weighted by Gasteiger charge is 2.32. The summed E-state index contributed by atoms with van der Waals surface area (Å²) in [4.78, 5) is 0.315. The van der Waals surface area contributed by atoms with Crippen LogP contribution in [-0.2, 0) is 21.2 Å². The first-order valence-electron chi connectivity index (χ1n) is 6.89. The van der Waals surface area contributed by atoms with E-state index in [0.717, 1.165) is 31.2 Å². The van der Waals surface area contributed by atoms with Gasteiger partial charge in [-0.2, -0.15) is 0 Å². The Morgan fingerprint density at radius 2 is 1.95 bits per heavy atom. The van der Waals surface area contributed by atoms with Crippen LogP contribution in [0.15, 0.2) is 29.2 Å². The minimum Gasteiger partial charge on any atom is -0.381 e. The molecule has 0 heterocycles. The summed E-state index contributed by atoms with van der Waals surface area (Å²) < 4.78 is 32.2. The molecule has 112 valence electrons. The molecule has 0 unspecified atom stereocenters. The number of sulfonamides is 1. The monoisotopic (exact) mass is 298 g/mol. The number of hydrogen-bond acceptors (Lipinski definition) is 4. The standard InChI is InChI=1S/C14H22N2O3S/c1-19-13-9-12(10-13)16-20(17,18)14-6-4-11(5-7-14)3-2-8-15/h4-7,12-13,16H,2-3,8-10,15H2,1H3. The molecule has 5 nitrogen and oxygen atoms in total. The second kappa shape index (κ2) is 6.67. The van der Waals surface area contributed by atoms with Crippen molar-refractivity contribution < 1.29 is 13.2 Å². The van der Waals surface area contributed by atoms with Gasteiger partial charge in [0.1, 0.15) is 0 Å². The molecule has 0 aliphatic heterocycles. The van der Waals surface area contributed by atoms with Crippen molar-refractivity contribution in [3.05, 3.63) is 29.8 Å². The van der Waals surface area contributed by atoms with Crippen molar-refractivity contribution in [1.82, 2.24) is 4.72 Å². The first kappa shape index (κ1) is 15.4. The zero-order chi connectivity index (χ0) is 14.6. The van der Waals surface area contributed by atoms with E-state index in [9.17, 15) is 8.42 Å². The normalized spacial score (nSPS) is 22.5. The van der Waals surface area contributed by atoms with Gasteiger partial charge in [-0.1, -0.05) is 12.1 Å². The van der Waals surface area contributed by atoms with E-state index >= 15 is 0 Å². The van der Waals surface area contributed by atoms with Crippen LogP contribution in [0.4, 0.5) is 0 Å². The molecule has 3 N–H and O–H groups in total. The highest BCUT2D eigenvalue weighted by molar-refractivity contribution is 7.89. The topological polar surface area (TPSA) is 81.4 Å². The molecule has 0 atom stereocenters. The lowest BCUT2D eigenvalue weighted by atomic mass is 9.90. The Balaban J connectivity index is 1.95. The summed E-state index contributed by atoms with van der Waals surface area (Å²) in [5.41, 5.74) is 6.57. The first-order valence-corrected chi connectivity index (χ1v) is 8.37. The van der Waals surface area contributed by atoms with Gasteiger partial charge in [0.15, 0.2) is 0 Å². The maximum atomic E-state index is 12.2. The van der Waals surface area contributed by atoms with Gasteiger partial charge in [-0.05, 0) is 49.9 Å². The van der Waals surface area contributed by atoms with Crippen LogP contribution in [0.25, 0.3) is 0 Å². The third-order valence-electron chi connectivity index (χ3n) is 3.65. The largest absolute Gasteiger partial charge is 0.381 e. The molecule has 1 aliphatic rings. The Bertz CT molecular complexity index is 522. The maximum Gasteiger partial charge on any atom is 0.240 e. The van der Waals surface area contributed by atoms with Crippen molar-refractivity contribution >= 4 is 10.0 Å². The summed E-state index contributed by atoms with van der Waals surface area (Å²) in [5.74, 6) is 0. The third-order valence-corrected chi connectivity index (χ3v) is 5.19. The maximum absolute atomic E-state index is 12.2. The molecule has 0 amide bonds. The van der Waals surface area contributed by atoms with E-state index < -0.39 is 10.0 Å². The van der Waals surface area contributed by atoms with Crippen molar-refractivity contribution in [3.8, 4) is 0 Å². The Morgan fingerprint density at radius 3 is 2.50 bits per heavy atom. The summed E-state index contributed by atoms with van der Waals surface area (Å²) in [7, 11) is -1.77. The quantitative estimate of drug-likeness (QED) is 0.788. The molecule has 1 fully saturated rings. The number of ether oxygens (including phenoxy) is 1. The summed E-state index contributed by atoms with van der Waals surface area (Å²) >= 11 is 0. The number of hydrogen-bond donors (Lipinski definition) is 2. The average molecular weight is 298 g/mol. The van der Waals surface area contributed by atoms with Crippen LogP contribution in [0, 0.1) is 0 Å². The Labute approximate surface area is 120 Å². The van der Waals surface area contributed by atoms with E-state index in [4.69, 9.17) is 10.5 Å². The minimum absolute atomic E-state index is 0.0122. The molecule has 20 heavy (non-hydrogen) atoms. The van der Waals surface area contributed by atoms with Crippen LogP contribution in [0.5, 0.6) is 0 Å². The number of rotatable bonds is 7. The highest BCUT2D eigenvalue weighted by Crippen LogP contribution is 2.24. The summed E-state index contributed by atoms with van der Waals surface area (Å²) in [6.45, 7) is 0.643. The van der Waals surface area contributed by atoms with Crippen molar-refractivity contribution in [2.24, 2.45) is 5.73 Å². The molecule has 6 heteroatoms. The zero-order valence-corrected chi connectivity index (χ0v) is 12.5. The Hall–Kier alpha value is -0.950. The van der Waals surface area contributed by atoms with Crippen molar-refractivity contribution in [1.29, 1.82) is 0 Å². The van der Waals surface area contributed by atoms with Crippen LogP contribution in [-0.4, -0.2) is 34.2 Å². The molecule has 1 aliphatic carbocycles. The van der Waals surface area contributed by atoms with Crippen molar-refractivity contribution in [2.75, 3.05) is 13.7 Å². The molecule has 1 saturated carbocycles. The lowest BCUT2D eigenvalue weighted by Crippen LogP contribution is -2.47. The second-order valence-corrected chi connectivity index (χ2v) is 6.90. The van der Waals surface area contributed by atoms with E-state index in [2.05, 4.69) is 4.72 Å². The van der Waals surface area contributed by atoms with E-state index in [0.29, 0.717) is 11.4 Å². The van der Waals surface area contributed by atoms with Crippen molar-refractivity contribution in [3.63, 3.8) is 0 Å². The molecular formula is C14H22N2O3S. The SMILES string of the molecule is COC1CC(NS(=O)(=O)c2ccc(CCCN)cc2)C1. The molecule has 2 rings (SSSR count). The van der Waals surface area contributed by atoms with E-state index in [-0.39, 0.29) is 12.1 Å². The van der Waals surface area contributed by atoms with E-state index in [1.807, 2.05) is 12.1 Å².